The van der Waals surface area contributed by atoms with E-state index >= 15 is 0 Å². The fraction of sp³-hybridized carbons (Fsp3) is 0.333. The zero-order valence-corrected chi connectivity index (χ0v) is 17.7. The second-order valence-corrected chi connectivity index (χ2v) is 7.07. The topological polar surface area (TPSA) is 78.5 Å². The average molecular weight is 407 g/mol. The van der Waals surface area contributed by atoms with E-state index in [9.17, 15) is 4.79 Å². The summed E-state index contributed by atoms with van der Waals surface area (Å²) in [6, 6.07) is 15.9. The Morgan fingerprint density at radius 2 is 1.90 bits per heavy atom. The average Bonchev–Trinajstić information content (AvgIpc) is 3.17. The van der Waals surface area contributed by atoms with Gasteiger partial charge < -0.3 is 15.0 Å². The molecule has 0 spiro atoms. The van der Waals surface area contributed by atoms with Gasteiger partial charge in [0, 0.05) is 35.8 Å². The third kappa shape index (κ3) is 6.11. The van der Waals surface area contributed by atoms with Crippen LogP contribution < -0.4 is 15.4 Å². The molecule has 0 aliphatic carbocycles. The number of aliphatic imine (C=N–C) groups is 1. The van der Waals surface area contributed by atoms with Gasteiger partial charge in [-0.3, -0.25) is 15.1 Å². The van der Waals surface area contributed by atoms with Crippen molar-refractivity contribution in [1.82, 2.24) is 10.3 Å². The SMILES string of the molecule is CCCCC(=O)NC(=NCCc1c[nH]c2ccccc12)Nc1ccc(OCC)cc1. The monoisotopic (exact) mass is 406 g/mol. The van der Waals surface area contributed by atoms with Gasteiger partial charge in [0.2, 0.25) is 11.9 Å². The first-order chi connectivity index (χ1) is 14.7. The van der Waals surface area contributed by atoms with Crippen LogP contribution in [0.15, 0.2) is 59.7 Å². The molecule has 0 fully saturated rings. The van der Waals surface area contributed by atoms with E-state index in [2.05, 4.69) is 39.7 Å². The summed E-state index contributed by atoms with van der Waals surface area (Å²) in [5, 5.41) is 7.35. The van der Waals surface area contributed by atoms with Crippen LogP contribution in [-0.2, 0) is 11.2 Å². The first kappa shape index (κ1) is 21.4. The summed E-state index contributed by atoms with van der Waals surface area (Å²) in [6.07, 6.45) is 5.14. The molecule has 0 radical (unpaired) electrons. The number of unbranched alkanes of at least 4 members (excludes halogenated alkanes) is 1. The molecule has 0 atom stereocenters. The summed E-state index contributed by atoms with van der Waals surface area (Å²) in [5.74, 6) is 1.26. The molecule has 3 aromatic rings. The van der Waals surface area contributed by atoms with E-state index in [1.807, 2.05) is 49.5 Å². The molecule has 0 bridgehead atoms. The minimum Gasteiger partial charge on any atom is -0.494 e. The van der Waals surface area contributed by atoms with Crippen molar-refractivity contribution in [3.05, 3.63) is 60.3 Å². The maximum Gasteiger partial charge on any atom is 0.226 e. The number of hydrogen-bond donors (Lipinski definition) is 3. The number of rotatable bonds is 9. The Kier molecular flexibility index (Phi) is 7.89. The molecule has 0 aliphatic heterocycles. The zero-order chi connectivity index (χ0) is 21.2. The second kappa shape index (κ2) is 11.0. The van der Waals surface area contributed by atoms with Crippen LogP contribution in [0.2, 0.25) is 0 Å². The molecule has 0 saturated heterocycles. The summed E-state index contributed by atoms with van der Waals surface area (Å²) in [6.45, 7) is 5.22. The third-order valence-corrected chi connectivity index (χ3v) is 4.77. The number of carbonyl (C=O) groups is 1. The minimum atomic E-state index is -0.0267. The summed E-state index contributed by atoms with van der Waals surface area (Å²) >= 11 is 0. The van der Waals surface area contributed by atoms with Gasteiger partial charge in [0.25, 0.3) is 0 Å². The highest BCUT2D eigenvalue weighted by Crippen LogP contribution is 2.18. The Hall–Kier alpha value is -3.28. The Morgan fingerprint density at radius 3 is 2.67 bits per heavy atom. The largest absolute Gasteiger partial charge is 0.494 e. The Bertz CT molecular complexity index is 976. The molecule has 6 nitrogen and oxygen atoms in total. The molecule has 30 heavy (non-hydrogen) atoms. The summed E-state index contributed by atoms with van der Waals surface area (Å²) < 4.78 is 5.49. The number of nitrogens with zero attached hydrogens (tertiary/aromatic N) is 1. The smallest absolute Gasteiger partial charge is 0.226 e. The number of amides is 1. The lowest BCUT2D eigenvalue weighted by Crippen LogP contribution is -2.36. The van der Waals surface area contributed by atoms with Crippen molar-refractivity contribution in [2.24, 2.45) is 4.99 Å². The highest BCUT2D eigenvalue weighted by Gasteiger charge is 2.08. The van der Waals surface area contributed by atoms with Crippen LogP contribution in [-0.4, -0.2) is 30.0 Å². The number of aromatic nitrogens is 1. The predicted molar refractivity (Wildman–Crippen MR) is 123 cm³/mol. The fourth-order valence-electron chi connectivity index (χ4n) is 3.21. The number of ether oxygens (including phenoxy) is 1. The molecule has 158 valence electrons. The van der Waals surface area contributed by atoms with E-state index in [4.69, 9.17) is 4.74 Å². The van der Waals surface area contributed by atoms with Gasteiger partial charge in [-0.15, -0.1) is 0 Å². The van der Waals surface area contributed by atoms with Crippen LogP contribution in [0.3, 0.4) is 0 Å². The van der Waals surface area contributed by atoms with Crippen molar-refractivity contribution in [2.75, 3.05) is 18.5 Å². The Morgan fingerprint density at radius 1 is 1.10 bits per heavy atom. The number of aromatic amines is 1. The highest BCUT2D eigenvalue weighted by atomic mass is 16.5. The van der Waals surface area contributed by atoms with Crippen molar-refractivity contribution in [3.8, 4) is 5.75 Å². The molecule has 3 N–H and O–H groups in total. The first-order valence-electron chi connectivity index (χ1n) is 10.6. The number of anilines is 1. The molecule has 1 amide bonds. The molecule has 1 aromatic heterocycles. The quantitative estimate of drug-likeness (QED) is 0.350. The third-order valence-electron chi connectivity index (χ3n) is 4.77. The molecule has 2 aromatic carbocycles. The van der Waals surface area contributed by atoms with E-state index in [0.29, 0.717) is 25.5 Å². The number of benzene rings is 2. The van der Waals surface area contributed by atoms with Crippen molar-refractivity contribution >= 4 is 28.5 Å². The van der Waals surface area contributed by atoms with Crippen LogP contribution in [0.1, 0.15) is 38.7 Å². The van der Waals surface area contributed by atoms with E-state index < -0.39 is 0 Å². The lowest BCUT2D eigenvalue weighted by atomic mass is 10.1. The fourth-order valence-corrected chi connectivity index (χ4v) is 3.21. The van der Waals surface area contributed by atoms with Gasteiger partial charge in [0.1, 0.15) is 5.75 Å². The van der Waals surface area contributed by atoms with Crippen molar-refractivity contribution in [2.45, 2.75) is 39.5 Å². The second-order valence-electron chi connectivity index (χ2n) is 7.07. The molecule has 1 heterocycles. The van der Waals surface area contributed by atoms with Crippen molar-refractivity contribution < 1.29 is 9.53 Å². The zero-order valence-electron chi connectivity index (χ0n) is 17.7. The highest BCUT2D eigenvalue weighted by molar-refractivity contribution is 6.04. The molecular formula is C24H30N4O2. The maximum absolute atomic E-state index is 12.3. The summed E-state index contributed by atoms with van der Waals surface area (Å²) in [5.41, 5.74) is 3.18. The Labute approximate surface area is 177 Å². The van der Waals surface area contributed by atoms with Crippen LogP contribution >= 0.6 is 0 Å². The van der Waals surface area contributed by atoms with Crippen molar-refractivity contribution in [1.29, 1.82) is 0 Å². The lowest BCUT2D eigenvalue weighted by Gasteiger charge is -2.12. The number of hydrogen-bond acceptors (Lipinski definition) is 3. The molecule has 0 unspecified atom stereocenters. The molecule has 3 rings (SSSR count). The minimum absolute atomic E-state index is 0.0267. The number of fused-ring (bicyclic) bond motifs is 1. The summed E-state index contributed by atoms with van der Waals surface area (Å²) in [7, 11) is 0. The summed E-state index contributed by atoms with van der Waals surface area (Å²) in [4.78, 5) is 20.2. The van der Waals surface area contributed by atoms with E-state index in [0.717, 1.165) is 36.2 Å². The van der Waals surface area contributed by atoms with Gasteiger partial charge in [-0.1, -0.05) is 31.5 Å². The van der Waals surface area contributed by atoms with Crippen LogP contribution in [0.5, 0.6) is 5.75 Å². The number of carbonyl (C=O) groups excluding carboxylic acids is 1. The van der Waals surface area contributed by atoms with Gasteiger partial charge in [-0.2, -0.15) is 0 Å². The van der Waals surface area contributed by atoms with Gasteiger partial charge >= 0.3 is 0 Å². The molecule has 6 heteroatoms. The van der Waals surface area contributed by atoms with Crippen LogP contribution in [0, 0.1) is 0 Å². The number of H-pyrrole nitrogens is 1. The van der Waals surface area contributed by atoms with Gasteiger partial charge in [0.05, 0.1) is 6.61 Å². The predicted octanol–water partition coefficient (Wildman–Crippen LogP) is 4.88. The van der Waals surface area contributed by atoms with Gasteiger partial charge in [0.15, 0.2) is 0 Å². The lowest BCUT2D eigenvalue weighted by molar-refractivity contribution is -0.119. The number of para-hydroxylation sites is 1. The molecular weight excluding hydrogens is 376 g/mol. The molecule has 0 aliphatic rings. The van der Waals surface area contributed by atoms with E-state index in [1.54, 1.807) is 0 Å². The van der Waals surface area contributed by atoms with E-state index in [1.165, 1.54) is 10.9 Å². The van der Waals surface area contributed by atoms with Crippen LogP contribution in [0.25, 0.3) is 10.9 Å². The molecule has 0 saturated carbocycles. The van der Waals surface area contributed by atoms with Gasteiger partial charge in [-0.25, -0.2) is 0 Å². The first-order valence-corrected chi connectivity index (χ1v) is 10.6. The van der Waals surface area contributed by atoms with E-state index in [-0.39, 0.29) is 5.91 Å². The van der Waals surface area contributed by atoms with Crippen molar-refractivity contribution in [3.63, 3.8) is 0 Å². The van der Waals surface area contributed by atoms with Gasteiger partial charge in [-0.05, 0) is 55.7 Å². The standard InChI is InChI=1S/C24H30N4O2/c1-3-5-10-23(29)28-24(27-19-11-13-20(14-12-19)30-4-2)25-16-15-18-17-26-22-9-7-6-8-21(18)22/h6-9,11-14,17,26H,3-5,10,15-16H2,1-2H3,(H2,25,27,28,29). The number of guanidine groups is 1. The van der Waals surface area contributed by atoms with Crippen LogP contribution in [0.4, 0.5) is 5.69 Å². The maximum atomic E-state index is 12.3. The normalized spacial score (nSPS) is 11.5. The number of nitrogens with one attached hydrogen (secondary N) is 3. The Balaban J connectivity index is 1.68.